The first kappa shape index (κ1) is 17.6. The molecule has 4 fully saturated rings. The van der Waals surface area contributed by atoms with Gasteiger partial charge in [0.15, 0.2) is 0 Å². The Bertz CT molecular complexity index is 702. The van der Waals surface area contributed by atoms with Crippen molar-refractivity contribution in [1.82, 2.24) is 9.21 Å². The molecule has 4 bridgehead atoms. The summed E-state index contributed by atoms with van der Waals surface area (Å²) in [7, 11) is 1.70. The predicted octanol–water partition coefficient (Wildman–Crippen LogP) is 3.18. The Kier molecular flexibility index (Phi) is 4.28. The normalized spacial score (nSPS) is 34.4. The third-order valence-corrected chi connectivity index (χ3v) is 8.26. The van der Waals surface area contributed by atoms with E-state index < -0.39 is 10.0 Å². The van der Waals surface area contributed by atoms with Gasteiger partial charge in [-0.25, -0.2) is 12.7 Å². The molecular weight excluding hydrogens is 336 g/mol. The Hall–Kier alpha value is -0.850. The maximum atomic E-state index is 12.1. The van der Waals surface area contributed by atoms with Crippen LogP contribution in [0.3, 0.4) is 0 Å². The molecule has 0 unspecified atom stereocenters. The van der Waals surface area contributed by atoms with E-state index >= 15 is 0 Å². The van der Waals surface area contributed by atoms with Crippen molar-refractivity contribution in [3.63, 3.8) is 0 Å². The average molecular weight is 367 g/mol. The average Bonchev–Trinajstić information content (AvgIpc) is 2.93. The molecule has 0 spiro atoms. The van der Waals surface area contributed by atoms with E-state index in [1.54, 1.807) is 12.1 Å². The summed E-state index contributed by atoms with van der Waals surface area (Å²) in [5.41, 5.74) is 0.495. The Morgan fingerprint density at radius 3 is 2.12 bits per heavy atom. The summed E-state index contributed by atoms with van der Waals surface area (Å²) >= 11 is 0. The second-order valence-corrected chi connectivity index (χ2v) is 11.2. The lowest BCUT2D eigenvalue weighted by Crippen LogP contribution is -2.50. The quantitative estimate of drug-likeness (QED) is 0.776. The van der Waals surface area contributed by atoms with Crippen LogP contribution in [-0.4, -0.2) is 45.3 Å². The van der Waals surface area contributed by atoms with E-state index in [0.29, 0.717) is 12.0 Å². The Balaban J connectivity index is 1.42. The molecule has 4 aliphatic carbocycles. The second-order valence-electron chi connectivity index (χ2n) is 9.10. The largest absolute Gasteiger partial charge is 0.447 e. The molecule has 0 N–H and O–H groups in total. The van der Waals surface area contributed by atoms with Gasteiger partial charge >= 0.3 is 0 Å². The van der Waals surface area contributed by atoms with Crippen LogP contribution < -0.4 is 0 Å². The van der Waals surface area contributed by atoms with Crippen molar-refractivity contribution in [2.45, 2.75) is 50.2 Å². The lowest BCUT2D eigenvalue weighted by molar-refractivity contribution is -0.0675. The Labute approximate surface area is 151 Å². The minimum atomic E-state index is -3.49. The molecule has 140 valence electrons. The maximum absolute atomic E-state index is 12.1. The van der Waals surface area contributed by atoms with Crippen LogP contribution in [0.2, 0.25) is 0 Å². The van der Waals surface area contributed by atoms with E-state index in [1.807, 2.05) is 0 Å². The van der Waals surface area contributed by atoms with E-state index in [-0.39, 0.29) is 5.09 Å². The monoisotopic (exact) mass is 366 g/mol. The van der Waals surface area contributed by atoms with Gasteiger partial charge in [0.25, 0.3) is 10.0 Å². The van der Waals surface area contributed by atoms with Crippen LogP contribution in [-0.2, 0) is 16.6 Å². The molecule has 5 nitrogen and oxygen atoms in total. The molecule has 1 heterocycles. The molecule has 25 heavy (non-hydrogen) atoms. The summed E-state index contributed by atoms with van der Waals surface area (Å²) in [6, 6.07) is 3.37. The number of hydrogen-bond donors (Lipinski definition) is 0. The van der Waals surface area contributed by atoms with Gasteiger partial charge in [0.1, 0.15) is 5.76 Å². The second kappa shape index (κ2) is 6.10. The molecule has 5 rings (SSSR count). The van der Waals surface area contributed by atoms with E-state index in [1.165, 1.54) is 56.9 Å². The topological polar surface area (TPSA) is 53.8 Å². The number of furan rings is 1. The SMILES string of the molecule is CN(Cc1ccc(S(=O)(=O)N(C)C)o1)CC12CC3CC(CC(C3)C1)C2. The number of hydrogen-bond acceptors (Lipinski definition) is 4. The van der Waals surface area contributed by atoms with Crippen LogP contribution >= 0.6 is 0 Å². The van der Waals surface area contributed by atoms with Gasteiger partial charge < -0.3 is 4.42 Å². The summed E-state index contributed by atoms with van der Waals surface area (Å²) < 4.78 is 31.1. The van der Waals surface area contributed by atoms with Gasteiger partial charge in [0.05, 0.1) is 6.54 Å². The third kappa shape index (κ3) is 3.28. The molecule has 4 saturated carbocycles. The predicted molar refractivity (Wildman–Crippen MR) is 96.5 cm³/mol. The van der Waals surface area contributed by atoms with E-state index in [2.05, 4.69) is 11.9 Å². The molecular formula is C19H30N2O3S. The zero-order valence-electron chi connectivity index (χ0n) is 15.6. The molecule has 4 aliphatic rings. The highest BCUT2D eigenvalue weighted by atomic mass is 32.2. The molecule has 0 radical (unpaired) electrons. The van der Waals surface area contributed by atoms with E-state index in [9.17, 15) is 8.42 Å². The van der Waals surface area contributed by atoms with Crippen molar-refractivity contribution in [1.29, 1.82) is 0 Å². The molecule has 0 aliphatic heterocycles. The molecule has 1 aromatic heterocycles. The summed E-state index contributed by atoms with van der Waals surface area (Å²) in [5, 5.41) is 0.0377. The first-order valence-corrected chi connectivity index (χ1v) is 10.9. The Morgan fingerprint density at radius 2 is 1.60 bits per heavy atom. The summed E-state index contributed by atoms with van der Waals surface area (Å²) in [5.74, 6) is 3.60. The van der Waals surface area contributed by atoms with Gasteiger partial charge in [-0.3, -0.25) is 4.90 Å². The highest BCUT2D eigenvalue weighted by Gasteiger charge is 2.50. The molecule has 0 aromatic carbocycles. The molecule has 0 saturated heterocycles. The van der Waals surface area contributed by atoms with Crippen molar-refractivity contribution in [2.24, 2.45) is 23.2 Å². The minimum absolute atomic E-state index is 0.0377. The molecule has 1 aromatic rings. The number of nitrogens with zero attached hydrogens (tertiary/aromatic N) is 2. The van der Waals surface area contributed by atoms with Crippen LogP contribution in [0.25, 0.3) is 0 Å². The number of rotatable bonds is 6. The van der Waals surface area contributed by atoms with Gasteiger partial charge in [-0.1, -0.05) is 0 Å². The minimum Gasteiger partial charge on any atom is -0.447 e. The van der Waals surface area contributed by atoms with Gasteiger partial charge in [0, 0.05) is 20.6 Å². The highest BCUT2D eigenvalue weighted by molar-refractivity contribution is 7.88. The Morgan fingerprint density at radius 1 is 1.04 bits per heavy atom. The lowest BCUT2D eigenvalue weighted by atomic mass is 9.49. The fourth-order valence-electron chi connectivity index (χ4n) is 6.14. The van der Waals surface area contributed by atoms with Crippen molar-refractivity contribution < 1.29 is 12.8 Å². The molecule has 0 atom stereocenters. The van der Waals surface area contributed by atoms with E-state index in [0.717, 1.165) is 30.1 Å². The van der Waals surface area contributed by atoms with Crippen molar-refractivity contribution in [2.75, 3.05) is 27.7 Å². The molecule has 0 amide bonds. The number of sulfonamides is 1. The summed E-state index contributed by atoms with van der Waals surface area (Å²) in [4.78, 5) is 2.33. The first-order chi connectivity index (χ1) is 11.8. The fourth-order valence-corrected chi connectivity index (χ4v) is 6.95. The zero-order chi connectivity index (χ0) is 17.8. The van der Waals surface area contributed by atoms with Crippen LogP contribution in [0.4, 0.5) is 0 Å². The molecule has 6 heteroatoms. The van der Waals surface area contributed by atoms with Crippen molar-refractivity contribution >= 4 is 10.0 Å². The van der Waals surface area contributed by atoms with Crippen LogP contribution in [0.1, 0.15) is 44.3 Å². The van der Waals surface area contributed by atoms with Crippen LogP contribution in [0.5, 0.6) is 0 Å². The standard InChI is InChI=1S/C19H30N2O3S/c1-20(2)25(22,23)18-5-4-17(24-18)12-21(3)13-19-9-14-6-15(10-19)8-16(7-14)11-19/h4-5,14-16H,6-13H2,1-3H3. The van der Waals surface area contributed by atoms with Crippen molar-refractivity contribution in [3.8, 4) is 0 Å². The van der Waals surface area contributed by atoms with Gasteiger partial charge in [-0.2, -0.15) is 0 Å². The lowest BCUT2D eigenvalue weighted by Gasteiger charge is -2.57. The fraction of sp³-hybridized carbons (Fsp3) is 0.789. The van der Waals surface area contributed by atoms with E-state index in [4.69, 9.17) is 4.42 Å². The smallest absolute Gasteiger partial charge is 0.275 e. The third-order valence-electron chi connectivity index (χ3n) is 6.57. The van der Waals surface area contributed by atoms with Crippen LogP contribution in [0.15, 0.2) is 21.6 Å². The highest BCUT2D eigenvalue weighted by Crippen LogP contribution is 2.60. The van der Waals surface area contributed by atoms with Gasteiger partial charge in [0.2, 0.25) is 5.09 Å². The van der Waals surface area contributed by atoms with Crippen LogP contribution in [0, 0.1) is 23.2 Å². The van der Waals surface area contributed by atoms with Gasteiger partial charge in [-0.05, 0) is 80.9 Å². The first-order valence-electron chi connectivity index (χ1n) is 9.46. The maximum Gasteiger partial charge on any atom is 0.275 e. The van der Waals surface area contributed by atoms with Crippen molar-refractivity contribution in [3.05, 3.63) is 17.9 Å². The zero-order valence-corrected chi connectivity index (χ0v) is 16.4. The summed E-state index contributed by atoms with van der Waals surface area (Å²) in [6.07, 6.45) is 8.57. The van der Waals surface area contributed by atoms with Gasteiger partial charge in [-0.15, -0.1) is 0 Å². The summed E-state index contributed by atoms with van der Waals surface area (Å²) in [6.45, 7) is 1.78.